The Balaban J connectivity index is 1.82. The van der Waals surface area contributed by atoms with Gasteiger partial charge in [0.25, 0.3) is 0 Å². The average Bonchev–Trinajstić information content (AvgIpc) is 2.47. The molecule has 21 heavy (non-hydrogen) atoms. The molecule has 0 bridgehead atoms. The van der Waals surface area contributed by atoms with E-state index in [9.17, 15) is 8.78 Å². The monoisotopic (exact) mass is 293 g/mol. The van der Waals surface area contributed by atoms with Crippen LogP contribution in [0.15, 0.2) is 30.3 Å². The number of hydrogen-bond donors (Lipinski definition) is 1. The Morgan fingerprint density at radius 3 is 2.33 bits per heavy atom. The van der Waals surface area contributed by atoms with Crippen LogP contribution in [0.1, 0.15) is 5.56 Å². The lowest BCUT2D eigenvalue weighted by Gasteiger charge is -2.20. The minimum Gasteiger partial charge on any atom is -0.486 e. The lowest BCUT2D eigenvalue weighted by molar-refractivity contribution is 0.171. The van der Waals surface area contributed by atoms with E-state index in [0.29, 0.717) is 36.0 Å². The van der Waals surface area contributed by atoms with E-state index in [0.717, 1.165) is 12.1 Å². The van der Waals surface area contributed by atoms with E-state index in [2.05, 4.69) is 0 Å². The van der Waals surface area contributed by atoms with Gasteiger partial charge < -0.3 is 19.9 Å². The van der Waals surface area contributed by atoms with Gasteiger partial charge in [-0.1, -0.05) is 6.07 Å². The van der Waals surface area contributed by atoms with Gasteiger partial charge in [-0.3, -0.25) is 0 Å². The first-order chi connectivity index (χ1) is 10.1. The van der Waals surface area contributed by atoms with Crippen molar-refractivity contribution in [2.24, 2.45) is 0 Å². The number of benzene rings is 2. The van der Waals surface area contributed by atoms with Gasteiger partial charge in [0, 0.05) is 17.3 Å². The number of nitrogens with two attached hydrogens (primary N) is 1. The normalized spacial score (nSPS) is 13.0. The van der Waals surface area contributed by atoms with Gasteiger partial charge in [0.1, 0.15) is 19.8 Å². The van der Waals surface area contributed by atoms with E-state index in [1.165, 1.54) is 6.07 Å². The lowest BCUT2D eigenvalue weighted by Crippen LogP contribution is -2.16. The summed E-state index contributed by atoms with van der Waals surface area (Å²) < 4.78 is 43.0. The molecular weight excluding hydrogens is 280 g/mol. The largest absolute Gasteiger partial charge is 0.486 e. The number of nitrogen functional groups attached to an aromatic ring is 1. The fraction of sp³-hybridized carbons (Fsp3) is 0.200. The van der Waals surface area contributed by atoms with Crippen LogP contribution in [0.5, 0.6) is 17.2 Å². The van der Waals surface area contributed by atoms with Gasteiger partial charge in [-0.05, 0) is 18.2 Å². The number of halogens is 2. The number of hydrogen-bond acceptors (Lipinski definition) is 4. The summed E-state index contributed by atoms with van der Waals surface area (Å²) in [5.74, 6) is -0.841. The van der Waals surface area contributed by atoms with E-state index in [1.807, 2.05) is 0 Å². The third kappa shape index (κ3) is 2.69. The first-order valence-corrected chi connectivity index (χ1v) is 6.40. The van der Waals surface area contributed by atoms with Crippen LogP contribution in [0.3, 0.4) is 0 Å². The van der Waals surface area contributed by atoms with Gasteiger partial charge in [0.2, 0.25) is 0 Å². The molecule has 0 saturated carbocycles. The maximum atomic E-state index is 13.5. The summed E-state index contributed by atoms with van der Waals surface area (Å²) in [5, 5.41) is 0. The van der Waals surface area contributed by atoms with Gasteiger partial charge >= 0.3 is 0 Å². The highest BCUT2D eigenvalue weighted by molar-refractivity contribution is 5.58. The molecule has 0 spiro atoms. The summed E-state index contributed by atoms with van der Waals surface area (Å²) in [6.07, 6.45) is 0. The predicted molar refractivity (Wildman–Crippen MR) is 72.5 cm³/mol. The summed E-state index contributed by atoms with van der Waals surface area (Å²) in [6, 6.07) is 6.81. The standard InChI is InChI=1S/C15H13F2NO3/c16-10-2-1-3-11(17)15(10)21-8-9-6-13-14(7-12(9)18)20-5-4-19-13/h1-3,6-7H,4-5,8,18H2. The topological polar surface area (TPSA) is 53.7 Å². The molecule has 0 amide bonds. The van der Waals surface area contributed by atoms with E-state index >= 15 is 0 Å². The molecule has 0 unspecified atom stereocenters. The van der Waals surface area contributed by atoms with Crippen LogP contribution in [0.25, 0.3) is 0 Å². The van der Waals surface area contributed by atoms with Crippen LogP contribution in [0.2, 0.25) is 0 Å². The summed E-state index contributed by atoms with van der Waals surface area (Å²) in [6.45, 7) is 0.836. The second-order valence-corrected chi connectivity index (χ2v) is 4.53. The Bertz CT molecular complexity index is 656. The third-order valence-electron chi connectivity index (χ3n) is 3.09. The molecular formula is C15H13F2NO3. The van der Waals surface area contributed by atoms with E-state index in [4.69, 9.17) is 19.9 Å². The Morgan fingerprint density at radius 2 is 1.67 bits per heavy atom. The van der Waals surface area contributed by atoms with Crippen LogP contribution in [0, 0.1) is 11.6 Å². The maximum absolute atomic E-state index is 13.5. The lowest BCUT2D eigenvalue weighted by atomic mass is 10.1. The molecule has 0 aromatic heterocycles. The quantitative estimate of drug-likeness (QED) is 0.884. The molecule has 0 saturated heterocycles. The molecule has 2 N–H and O–H groups in total. The van der Waals surface area contributed by atoms with Crippen molar-refractivity contribution in [1.82, 2.24) is 0 Å². The van der Waals surface area contributed by atoms with Crippen molar-refractivity contribution >= 4 is 5.69 Å². The maximum Gasteiger partial charge on any atom is 0.191 e. The SMILES string of the molecule is Nc1cc2c(cc1COc1c(F)cccc1F)OCCO2. The highest BCUT2D eigenvalue weighted by atomic mass is 19.1. The van der Waals surface area contributed by atoms with E-state index in [-0.39, 0.29) is 6.61 Å². The Morgan fingerprint density at radius 1 is 1.05 bits per heavy atom. The fourth-order valence-corrected chi connectivity index (χ4v) is 2.04. The number of anilines is 1. The van der Waals surface area contributed by atoms with Crippen molar-refractivity contribution in [3.63, 3.8) is 0 Å². The molecule has 2 aromatic carbocycles. The van der Waals surface area contributed by atoms with Crippen molar-refractivity contribution in [2.45, 2.75) is 6.61 Å². The van der Waals surface area contributed by atoms with Crippen LogP contribution in [-0.2, 0) is 6.61 Å². The van der Waals surface area contributed by atoms with Crippen molar-refractivity contribution in [1.29, 1.82) is 0 Å². The summed E-state index contributed by atoms with van der Waals surface area (Å²) >= 11 is 0. The van der Waals surface area contributed by atoms with Gasteiger partial charge in [-0.25, -0.2) is 8.78 Å². The Labute approximate surface area is 120 Å². The van der Waals surface area contributed by atoms with Crippen molar-refractivity contribution in [3.8, 4) is 17.2 Å². The summed E-state index contributed by atoms with van der Waals surface area (Å²) in [5.41, 5.74) is 6.87. The number of para-hydroxylation sites is 1. The minimum atomic E-state index is -0.758. The molecule has 0 atom stereocenters. The predicted octanol–water partition coefficient (Wildman–Crippen LogP) is 2.90. The van der Waals surface area contributed by atoms with Crippen LogP contribution >= 0.6 is 0 Å². The highest BCUT2D eigenvalue weighted by Gasteiger charge is 2.16. The molecule has 3 rings (SSSR count). The van der Waals surface area contributed by atoms with Gasteiger partial charge in [0.05, 0.1) is 0 Å². The first kappa shape index (κ1) is 13.5. The fourth-order valence-electron chi connectivity index (χ4n) is 2.04. The van der Waals surface area contributed by atoms with E-state index in [1.54, 1.807) is 12.1 Å². The molecule has 1 aliphatic heterocycles. The van der Waals surface area contributed by atoms with Crippen molar-refractivity contribution in [2.75, 3.05) is 18.9 Å². The van der Waals surface area contributed by atoms with Crippen LogP contribution < -0.4 is 19.9 Å². The zero-order chi connectivity index (χ0) is 14.8. The van der Waals surface area contributed by atoms with E-state index < -0.39 is 17.4 Å². The second-order valence-electron chi connectivity index (χ2n) is 4.53. The minimum absolute atomic E-state index is 0.0691. The molecule has 1 aliphatic rings. The highest BCUT2D eigenvalue weighted by Crippen LogP contribution is 2.35. The second kappa shape index (κ2) is 5.47. The third-order valence-corrected chi connectivity index (χ3v) is 3.09. The van der Waals surface area contributed by atoms with Crippen LogP contribution in [0.4, 0.5) is 14.5 Å². The molecule has 6 heteroatoms. The summed E-state index contributed by atoms with van der Waals surface area (Å²) in [4.78, 5) is 0. The molecule has 0 radical (unpaired) electrons. The zero-order valence-electron chi connectivity index (χ0n) is 11.1. The molecule has 2 aromatic rings. The van der Waals surface area contributed by atoms with Gasteiger partial charge in [-0.2, -0.15) is 0 Å². The summed E-state index contributed by atoms with van der Waals surface area (Å²) in [7, 11) is 0. The molecule has 4 nitrogen and oxygen atoms in total. The van der Waals surface area contributed by atoms with Gasteiger partial charge in [0.15, 0.2) is 28.9 Å². The zero-order valence-corrected chi connectivity index (χ0v) is 11.1. The number of fused-ring (bicyclic) bond motifs is 1. The molecule has 0 fully saturated rings. The van der Waals surface area contributed by atoms with Crippen molar-refractivity contribution in [3.05, 3.63) is 47.5 Å². The van der Waals surface area contributed by atoms with Crippen LogP contribution in [-0.4, -0.2) is 13.2 Å². The molecule has 1 heterocycles. The Kier molecular flexibility index (Phi) is 3.51. The number of rotatable bonds is 3. The first-order valence-electron chi connectivity index (χ1n) is 6.40. The molecule has 110 valence electrons. The van der Waals surface area contributed by atoms with Crippen molar-refractivity contribution < 1.29 is 23.0 Å². The Hall–Kier alpha value is -2.50. The molecule has 0 aliphatic carbocycles. The smallest absolute Gasteiger partial charge is 0.191 e. The average molecular weight is 293 g/mol. The van der Waals surface area contributed by atoms with Gasteiger partial charge in [-0.15, -0.1) is 0 Å². The number of ether oxygens (including phenoxy) is 3.